The molecule has 0 aromatic rings. The summed E-state index contributed by atoms with van der Waals surface area (Å²) in [5.74, 6) is -0.835. The second-order valence-corrected chi connectivity index (χ2v) is 5.31. The summed E-state index contributed by atoms with van der Waals surface area (Å²) in [6.07, 6.45) is 0.192. The van der Waals surface area contributed by atoms with Crippen LogP contribution >= 0.6 is 0 Å². The molecule has 0 N–H and O–H groups in total. The molecule has 0 amide bonds. The van der Waals surface area contributed by atoms with Gasteiger partial charge in [-0.1, -0.05) is 0 Å². The minimum absolute atomic E-state index is 0.00944. The monoisotopic (exact) mass is 348 g/mol. The van der Waals surface area contributed by atoms with Crippen molar-refractivity contribution in [2.24, 2.45) is 0 Å². The van der Waals surface area contributed by atoms with E-state index in [4.69, 9.17) is 28.4 Å². The van der Waals surface area contributed by atoms with Gasteiger partial charge in [-0.05, 0) is 12.8 Å². The third-order valence-electron chi connectivity index (χ3n) is 3.51. The van der Waals surface area contributed by atoms with E-state index in [0.29, 0.717) is 52.5 Å². The second-order valence-electron chi connectivity index (χ2n) is 5.31. The fourth-order valence-corrected chi connectivity index (χ4v) is 2.20. The molecule has 0 aromatic heterocycles. The van der Waals surface area contributed by atoms with Gasteiger partial charge < -0.3 is 28.4 Å². The van der Waals surface area contributed by atoms with Gasteiger partial charge in [0, 0.05) is 26.4 Å². The van der Waals surface area contributed by atoms with Gasteiger partial charge in [0.25, 0.3) is 0 Å². The van der Waals surface area contributed by atoms with Gasteiger partial charge in [0.15, 0.2) is 0 Å². The van der Waals surface area contributed by atoms with Crippen LogP contribution in [-0.2, 0) is 38.0 Å². The molecule has 2 atom stereocenters. The summed E-state index contributed by atoms with van der Waals surface area (Å²) >= 11 is 0. The Hall–Kier alpha value is -1.22. The first kappa shape index (κ1) is 20.8. The van der Waals surface area contributed by atoms with E-state index in [9.17, 15) is 9.59 Å². The van der Waals surface area contributed by atoms with Gasteiger partial charge in [-0.2, -0.15) is 0 Å². The molecule has 0 spiro atoms. The molecule has 0 saturated carbocycles. The van der Waals surface area contributed by atoms with E-state index >= 15 is 0 Å². The van der Waals surface area contributed by atoms with Crippen molar-refractivity contribution in [1.82, 2.24) is 0 Å². The van der Waals surface area contributed by atoms with Crippen molar-refractivity contribution in [1.29, 1.82) is 0 Å². The summed E-state index contributed by atoms with van der Waals surface area (Å²) in [6.45, 7) is 2.94. The Morgan fingerprint density at radius 1 is 0.750 bits per heavy atom. The van der Waals surface area contributed by atoms with Crippen molar-refractivity contribution < 1.29 is 38.0 Å². The zero-order valence-corrected chi connectivity index (χ0v) is 14.5. The van der Waals surface area contributed by atoms with E-state index in [1.54, 1.807) is 0 Å². The lowest BCUT2D eigenvalue weighted by atomic mass is 10.1. The summed E-state index contributed by atoms with van der Waals surface area (Å²) in [5, 5.41) is 0. The topological polar surface area (TPSA) is 89.5 Å². The van der Waals surface area contributed by atoms with Gasteiger partial charge in [0.1, 0.15) is 0 Å². The molecule has 8 nitrogen and oxygen atoms in total. The highest BCUT2D eigenvalue weighted by molar-refractivity contribution is 5.71. The lowest BCUT2D eigenvalue weighted by Gasteiger charge is -2.26. The summed E-state index contributed by atoms with van der Waals surface area (Å²) in [5.41, 5.74) is 0. The van der Waals surface area contributed by atoms with Gasteiger partial charge in [0.05, 0.1) is 52.5 Å². The smallest absolute Gasteiger partial charge is 0.308 e. The maximum atomic E-state index is 11.6. The van der Waals surface area contributed by atoms with Crippen LogP contribution in [0.15, 0.2) is 0 Å². The first-order chi connectivity index (χ1) is 11.7. The first-order valence-corrected chi connectivity index (χ1v) is 8.19. The first-order valence-electron chi connectivity index (χ1n) is 8.19. The van der Waals surface area contributed by atoms with E-state index in [0.717, 1.165) is 0 Å². The molecule has 0 radical (unpaired) electrons. The largest absolute Gasteiger partial charge is 0.469 e. The van der Waals surface area contributed by atoms with Gasteiger partial charge in [0.2, 0.25) is 0 Å². The summed E-state index contributed by atoms with van der Waals surface area (Å²) in [4.78, 5) is 23.3. The maximum Gasteiger partial charge on any atom is 0.308 e. The minimum Gasteiger partial charge on any atom is -0.469 e. The maximum absolute atomic E-state index is 11.6. The van der Waals surface area contributed by atoms with Crippen LogP contribution in [0.2, 0.25) is 0 Å². The number of methoxy groups -OCH3 is 2. The number of ether oxygens (including phenoxy) is 6. The van der Waals surface area contributed by atoms with Crippen molar-refractivity contribution in [3.8, 4) is 0 Å². The third-order valence-corrected chi connectivity index (χ3v) is 3.51. The Balaban J connectivity index is 2.70. The van der Waals surface area contributed by atoms with Gasteiger partial charge in [-0.25, -0.2) is 0 Å². The average Bonchev–Trinajstić information content (AvgIpc) is 2.59. The number of carbonyl (C=O) groups is 2. The zero-order valence-electron chi connectivity index (χ0n) is 14.5. The highest BCUT2D eigenvalue weighted by Gasteiger charge is 2.29. The highest BCUT2D eigenvalue weighted by Crippen LogP contribution is 2.15. The van der Waals surface area contributed by atoms with Crippen molar-refractivity contribution in [2.45, 2.75) is 37.9 Å². The van der Waals surface area contributed by atoms with E-state index in [2.05, 4.69) is 0 Å². The summed E-state index contributed by atoms with van der Waals surface area (Å²) in [7, 11) is 2.62. The predicted octanol–water partition coefficient (Wildman–Crippen LogP) is 0.710. The molecule has 140 valence electrons. The van der Waals surface area contributed by atoms with Crippen LogP contribution in [0.25, 0.3) is 0 Å². The van der Waals surface area contributed by atoms with Crippen molar-refractivity contribution in [3.05, 3.63) is 0 Å². The number of hydrogen-bond donors (Lipinski definition) is 0. The molecule has 24 heavy (non-hydrogen) atoms. The Labute approximate surface area is 142 Å². The van der Waals surface area contributed by atoms with Gasteiger partial charge in [-0.15, -0.1) is 0 Å². The van der Waals surface area contributed by atoms with Crippen LogP contribution in [-0.4, -0.2) is 78.0 Å². The van der Waals surface area contributed by atoms with Crippen molar-refractivity contribution in [3.63, 3.8) is 0 Å². The van der Waals surface area contributed by atoms with Crippen LogP contribution in [0.3, 0.4) is 0 Å². The summed E-state index contributed by atoms with van der Waals surface area (Å²) < 4.78 is 31.8. The molecule has 0 bridgehead atoms. The van der Waals surface area contributed by atoms with Crippen LogP contribution < -0.4 is 0 Å². The molecular weight excluding hydrogens is 320 g/mol. The zero-order chi connectivity index (χ0) is 17.6. The van der Waals surface area contributed by atoms with Gasteiger partial charge in [-0.3, -0.25) is 9.59 Å². The standard InChI is InChI=1S/C16H28O8/c1-19-15(17)11-13-14(12-16(18)20-2)24-8-4-6-22-10-9-21-5-3-7-23-13/h13-14H,3-12H2,1-2H3/t13-,14?/m0/s1. The fourth-order valence-electron chi connectivity index (χ4n) is 2.20. The molecule has 1 heterocycles. The summed E-state index contributed by atoms with van der Waals surface area (Å²) in [6, 6.07) is 0. The molecular formula is C16H28O8. The average molecular weight is 348 g/mol. The number of carbonyl (C=O) groups excluding carboxylic acids is 2. The Kier molecular flexibility index (Phi) is 11.4. The quantitative estimate of drug-likeness (QED) is 0.686. The Morgan fingerprint density at radius 2 is 1.17 bits per heavy atom. The van der Waals surface area contributed by atoms with Crippen molar-refractivity contribution in [2.75, 3.05) is 53.9 Å². The third kappa shape index (κ3) is 9.17. The van der Waals surface area contributed by atoms with Gasteiger partial charge >= 0.3 is 11.9 Å². The number of hydrogen-bond acceptors (Lipinski definition) is 8. The van der Waals surface area contributed by atoms with E-state index in [-0.39, 0.29) is 12.8 Å². The normalized spacial score (nSPS) is 24.6. The Morgan fingerprint density at radius 3 is 1.54 bits per heavy atom. The molecule has 0 aliphatic carbocycles. The predicted molar refractivity (Wildman–Crippen MR) is 83.6 cm³/mol. The van der Waals surface area contributed by atoms with E-state index in [1.165, 1.54) is 14.2 Å². The molecule has 0 aromatic carbocycles. The second kappa shape index (κ2) is 13.1. The molecule has 1 saturated heterocycles. The SMILES string of the molecule is COC(=O)CC1OCCCOCCOCCCO[C@H]1CC(=O)OC. The Bertz CT molecular complexity index is 326. The molecule has 1 fully saturated rings. The van der Waals surface area contributed by atoms with Crippen LogP contribution in [0.4, 0.5) is 0 Å². The molecule has 1 rings (SSSR count). The lowest BCUT2D eigenvalue weighted by Crippen LogP contribution is -2.37. The van der Waals surface area contributed by atoms with Crippen molar-refractivity contribution >= 4 is 11.9 Å². The lowest BCUT2D eigenvalue weighted by molar-refractivity contribution is -0.156. The van der Waals surface area contributed by atoms with E-state index in [1.807, 2.05) is 0 Å². The molecule has 1 aliphatic heterocycles. The fraction of sp³-hybridized carbons (Fsp3) is 0.875. The molecule has 1 unspecified atom stereocenters. The number of rotatable bonds is 4. The molecule has 8 heteroatoms. The van der Waals surface area contributed by atoms with Crippen LogP contribution in [0.1, 0.15) is 25.7 Å². The minimum atomic E-state index is -0.583. The number of esters is 2. The molecule has 1 aliphatic rings. The van der Waals surface area contributed by atoms with Crippen LogP contribution in [0, 0.1) is 0 Å². The van der Waals surface area contributed by atoms with Crippen LogP contribution in [0.5, 0.6) is 0 Å². The highest BCUT2D eigenvalue weighted by atomic mass is 16.6. The van der Waals surface area contributed by atoms with E-state index < -0.39 is 24.1 Å².